The minimum Gasteiger partial charge on any atom is -0.493 e. The number of carbonyl (C=O) groups is 1. The molecule has 1 amide bonds. The average Bonchev–Trinajstić information content (AvgIpc) is 3.54. The van der Waals surface area contributed by atoms with E-state index in [-0.39, 0.29) is 5.91 Å². The minimum absolute atomic E-state index is 0.0597. The van der Waals surface area contributed by atoms with Gasteiger partial charge in [-0.3, -0.25) is 4.79 Å². The second-order valence-electron chi connectivity index (χ2n) is 8.08. The number of ether oxygens (including phenoxy) is 2. The van der Waals surface area contributed by atoms with Crippen LogP contribution in [0.5, 0.6) is 11.5 Å². The zero-order chi connectivity index (χ0) is 24.2. The number of unbranched alkanes of at least 4 members (excludes halogenated alkanes) is 1. The lowest BCUT2D eigenvalue weighted by Crippen LogP contribution is -2.26. The third-order valence-corrected chi connectivity index (χ3v) is 6.40. The van der Waals surface area contributed by atoms with Gasteiger partial charge in [0.05, 0.1) is 26.2 Å². The number of carbonyl (C=O) groups excluding carboxylic acids is 1. The SMILES string of the molecule is COc1ccc(CCN(C)CCCCNC(=O)CC=Cc2cc(-n3ccnc3)cs2)cc1OC. The van der Waals surface area contributed by atoms with Crippen LogP contribution in [-0.2, 0) is 11.2 Å². The maximum atomic E-state index is 12.1. The molecule has 1 aromatic carbocycles. The van der Waals surface area contributed by atoms with E-state index in [1.54, 1.807) is 38.1 Å². The summed E-state index contributed by atoms with van der Waals surface area (Å²) in [5.41, 5.74) is 2.31. The van der Waals surface area contributed by atoms with Gasteiger partial charge in [0.25, 0.3) is 0 Å². The van der Waals surface area contributed by atoms with E-state index in [1.165, 1.54) is 5.56 Å². The number of amides is 1. The van der Waals surface area contributed by atoms with Gasteiger partial charge in [-0.2, -0.15) is 0 Å². The van der Waals surface area contributed by atoms with E-state index in [4.69, 9.17) is 9.47 Å². The Bertz CT molecular complexity index is 1050. The summed E-state index contributed by atoms with van der Waals surface area (Å²) in [6, 6.07) is 8.15. The number of aromatic nitrogens is 2. The lowest BCUT2D eigenvalue weighted by Gasteiger charge is -2.17. The molecular weight excluding hydrogens is 448 g/mol. The summed E-state index contributed by atoms with van der Waals surface area (Å²) < 4.78 is 12.6. The number of thiophene rings is 1. The van der Waals surface area contributed by atoms with Crippen LogP contribution in [0.15, 0.2) is 54.4 Å². The van der Waals surface area contributed by atoms with Gasteiger partial charge >= 0.3 is 0 Å². The van der Waals surface area contributed by atoms with Crippen molar-refractivity contribution in [1.29, 1.82) is 0 Å². The number of methoxy groups -OCH3 is 2. The van der Waals surface area contributed by atoms with Crippen molar-refractivity contribution in [3.8, 4) is 17.2 Å². The first-order valence-corrected chi connectivity index (χ1v) is 12.4. The van der Waals surface area contributed by atoms with Crippen molar-refractivity contribution in [1.82, 2.24) is 19.8 Å². The summed E-state index contributed by atoms with van der Waals surface area (Å²) in [6.07, 6.45) is 12.7. The van der Waals surface area contributed by atoms with E-state index in [2.05, 4.69) is 39.8 Å². The number of likely N-dealkylation sites (N-methyl/N-ethyl adjacent to an activating group) is 1. The molecule has 0 atom stereocenters. The van der Waals surface area contributed by atoms with Gasteiger partial charge in [-0.25, -0.2) is 4.98 Å². The maximum Gasteiger partial charge on any atom is 0.223 e. The number of nitrogens with one attached hydrogen (secondary N) is 1. The molecule has 0 spiro atoms. The van der Waals surface area contributed by atoms with Crippen LogP contribution in [0.1, 0.15) is 29.7 Å². The molecule has 0 saturated heterocycles. The molecule has 0 saturated carbocycles. The Morgan fingerprint density at radius 3 is 2.79 bits per heavy atom. The molecule has 0 radical (unpaired) electrons. The topological polar surface area (TPSA) is 68.6 Å². The Morgan fingerprint density at radius 1 is 1.18 bits per heavy atom. The zero-order valence-electron chi connectivity index (χ0n) is 20.2. The van der Waals surface area contributed by atoms with Gasteiger partial charge in [0.15, 0.2) is 11.5 Å². The molecule has 8 heteroatoms. The Hall–Kier alpha value is -3.10. The van der Waals surface area contributed by atoms with Crippen LogP contribution in [0.4, 0.5) is 0 Å². The number of benzene rings is 1. The van der Waals surface area contributed by atoms with Gasteiger partial charge in [-0.15, -0.1) is 11.3 Å². The van der Waals surface area contributed by atoms with Crippen LogP contribution in [0.3, 0.4) is 0 Å². The van der Waals surface area contributed by atoms with E-state index in [0.717, 1.165) is 54.4 Å². The summed E-state index contributed by atoms with van der Waals surface area (Å²) in [6.45, 7) is 2.68. The van der Waals surface area contributed by atoms with Crippen LogP contribution >= 0.6 is 11.3 Å². The molecule has 34 heavy (non-hydrogen) atoms. The second-order valence-corrected chi connectivity index (χ2v) is 9.03. The quantitative estimate of drug-likeness (QED) is 0.345. The molecule has 3 rings (SSSR count). The molecule has 1 N–H and O–H groups in total. The molecule has 0 unspecified atom stereocenters. The molecule has 0 bridgehead atoms. The third-order valence-electron chi connectivity index (χ3n) is 5.51. The first-order valence-electron chi connectivity index (χ1n) is 11.5. The van der Waals surface area contributed by atoms with E-state index in [9.17, 15) is 4.79 Å². The normalized spacial score (nSPS) is 11.3. The van der Waals surface area contributed by atoms with Crippen LogP contribution in [-0.4, -0.2) is 61.3 Å². The molecule has 0 fully saturated rings. The summed E-state index contributed by atoms with van der Waals surface area (Å²) >= 11 is 1.65. The highest BCUT2D eigenvalue weighted by Crippen LogP contribution is 2.27. The Kier molecular flexibility index (Phi) is 10.2. The number of hydrogen-bond donors (Lipinski definition) is 1. The van der Waals surface area contributed by atoms with Gasteiger partial charge in [0, 0.05) is 42.2 Å². The van der Waals surface area contributed by atoms with E-state index >= 15 is 0 Å². The van der Waals surface area contributed by atoms with Gasteiger partial charge in [-0.1, -0.05) is 12.1 Å². The Labute approximate surface area is 206 Å². The number of imidazole rings is 1. The summed E-state index contributed by atoms with van der Waals surface area (Å²) in [5, 5.41) is 5.08. The van der Waals surface area contributed by atoms with Crippen LogP contribution in [0, 0.1) is 0 Å². The Morgan fingerprint density at radius 2 is 2.03 bits per heavy atom. The maximum absolute atomic E-state index is 12.1. The van der Waals surface area contributed by atoms with Gasteiger partial charge in [0.2, 0.25) is 5.91 Å². The first-order chi connectivity index (χ1) is 16.6. The van der Waals surface area contributed by atoms with Crippen molar-refractivity contribution in [2.24, 2.45) is 0 Å². The minimum atomic E-state index is 0.0597. The average molecular weight is 483 g/mol. The standard InChI is InChI=1S/C26H34N4O3S/c1-29(15-11-21-9-10-24(32-2)25(17-21)33-3)14-5-4-12-28-26(31)8-6-7-23-18-22(19-34-23)30-16-13-27-20-30/h6-7,9-10,13,16-20H,4-5,8,11-12,14-15H2,1-3H3,(H,28,31). The van der Waals surface area contributed by atoms with Crippen LogP contribution in [0.2, 0.25) is 0 Å². The fourth-order valence-electron chi connectivity index (χ4n) is 3.53. The molecule has 0 aliphatic heterocycles. The molecule has 2 aromatic heterocycles. The Balaban J connectivity index is 1.26. The van der Waals surface area contributed by atoms with Crippen molar-refractivity contribution >= 4 is 23.3 Å². The zero-order valence-corrected chi connectivity index (χ0v) is 21.0. The summed E-state index contributed by atoms with van der Waals surface area (Å²) in [5.74, 6) is 1.58. The third kappa shape index (κ3) is 8.04. The van der Waals surface area contributed by atoms with Crippen molar-refractivity contribution in [3.63, 3.8) is 0 Å². The number of rotatable bonds is 14. The molecule has 182 valence electrons. The van der Waals surface area contributed by atoms with Gasteiger partial charge in [-0.05, 0) is 62.7 Å². The van der Waals surface area contributed by atoms with Crippen molar-refractivity contribution in [3.05, 3.63) is 64.9 Å². The molecular formula is C26H34N4O3S. The molecule has 2 heterocycles. The van der Waals surface area contributed by atoms with Crippen molar-refractivity contribution in [2.75, 3.05) is 40.9 Å². The second kappa shape index (κ2) is 13.6. The van der Waals surface area contributed by atoms with Crippen molar-refractivity contribution in [2.45, 2.75) is 25.7 Å². The van der Waals surface area contributed by atoms with Crippen LogP contribution in [0.25, 0.3) is 11.8 Å². The summed E-state index contributed by atoms with van der Waals surface area (Å²) in [7, 11) is 5.44. The fourth-order valence-corrected chi connectivity index (χ4v) is 4.34. The summed E-state index contributed by atoms with van der Waals surface area (Å²) in [4.78, 5) is 19.6. The molecule has 7 nitrogen and oxygen atoms in total. The molecule has 0 aliphatic carbocycles. The first kappa shape index (κ1) is 25.5. The van der Waals surface area contributed by atoms with E-state index in [1.807, 2.05) is 35.0 Å². The predicted octanol–water partition coefficient (Wildman–Crippen LogP) is 4.43. The smallest absolute Gasteiger partial charge is 0.223 e. The van der Waals surface area contributed by atoms with Crippen molar-refractivity contribution < 1.29 is 14.3 Å². The highest BCUT2D eigenvalue weighted by molar-refractivity contribution is 7.11. The van der Waals surface area contributed by atoms with E-state index < -0.39 is 0 Å². The lowest BCUT2D eigenvalue weighted by atomic mass is 10.1. The lowest BCUT2D eigenvalue weighted by molar-refractivity contribution is -0.120. The van der Waals surface area contributed by atoms with E-state index in [0.29, 0.717) is 13.0 Å². The molecule has 0 aliphatic rings. The number of nitrogens with zero attached hydrogens (tertiary/aromatic N) is 3. The highest BCUT2D eigenvalue weighted by Gasteiger charge is 2.06. The van der Waals surface area contributed by atoms with Gasteiger partial charge in [0.1, 0.15) is 0 Å². The monoisotopic (exact) mass is 482 g/mol. The largest absolute Gasteiger partial charge is 0.493 e. The highest BCUT2D eigenvalue weighted by atomic mass is 32.1. The fraction of sp³-hybridized carbons (Fsp3) is 0.385. The number of hydrogen-bond acceptors (Lipinski definition) is 6. The van der Waals surface area contributed by atoms with Gasteiger partial charge < -0.3 is 24.3 Å². The van der Waals surface area contributed by atoms with Crippen LogP contribution < -0.4 is 14.8 Å². The predicted molar refractivity (Wildman–Crippen MR) is 138 cm³/mol. The molecule has 3 aromatic rings.